The van der Waals surface area contributed by atoms with Gasteiger partial charge < -0.3 is 10.3 Å². The quantitative estimate of drug-likeness (QED) is 0.764. The van der Waals surface area contributed by atoms with E-state index in [2.05, 4.69) is 10.1 Å². The summed E-state index contributed by atoms with van der Waals surface area (Å²) in [6.07, 6.45) is 1.28. The fraction of sp³-hybridized carbons (Fsp3) is 0. The first kappa shape index (κ1) is 9.30. The molecule has 2 aromatic rings. The Hall–Kier alpha value is -1.26. The molecule has 6 heteroatoms. The monoisotopic (exact) mass is 229 g/mol. The molecule has 0 saturated carbocycles. The van der Waals surface area contributed by atoms with Crippen LogP contribution in [0.25, 0.3) is 11.5 Å². The van der Waals surface area contributed by atoms with E-state index < -0.39 is 0 Å². The molecule has 0 spiro atoms. The van der Waals surface area contributed by atoms with Crippen LogP contribution in [0, 0.1) is 0 Å². The van der Waals surface area contributed by atoms with Gasteiger partial charge in [-0.1, -0.05) is 28.4 Å². The Morgan fingerprint density at radius 2 is 2.07 bits per heavy atom. The minimum atomic E-state index is 0.298. The first-order valence-electron chi connectivity index (χ1n) is 3.70. The topological polar surface area (TPSA) is 64.9 Å². The van der Waals surface area contributed by atoms with Crippen molar-refractivity contribution in [2.75, 3.05) is 5.73 Å². The summed E-state index contributed by atoms with van der Waals surface area (Å²) in [5.74, 6) is 0.298. The fourth-order valence-corrected chi connectivity index (χ4v) is 1.55. The summed E-state index contributed by atoms with van der Waals surface area (Å²) in [6, 6.07) is 3.18. The van der Waals surface area contributed by atoms with Gasteiger partial charge in [0.2, 0.25) is 0 Å². The minimum Gasteiger partial charge on any atom is -0.397 e. The molecule has 2 N–H and O–H groups in total. The van der Waals surface area contributed by atoms with Gasteiger partial charge in [0.1, 0.15) is 0 Å². The van der Waals surface area contributed by atoms with Crippen LogP contribution in [0.5, 0.6) is 0 Å². The Bertz CT molecular complexity index is 456. The van der Waals surface area contributed by atoms with E-state index in [0.29, 0.717) is 27.2 Å². The Morgan fingerprint density at radius 1 is 1.29 bits per heavy atom. The van der Waals surface area contributed by atoms with Crippen molar-refractivity contribution in [2.45, 2.75) is 0 Å². The van der Waals surface area contributed by atoms with Crippen molar-refractivity contribution in [3.05, 3.63) is 28.5 Å². The van der Waals surface area contributed by atoms with Crippen LogP contribution in [0.15, 0.2) is 23.0 Å². The lowest BCUT2D eigenvalue weighted by atomic mass is 10.2. The number of anilines is 1. The van der Waals surface area contributed by atoms with Gasteiger partial charge in [-0.05, 0) is 12.1 Å². The lowest BCUT2D eigenvalue weighted by molar-refractivity contribution is 0.430. The number of hydrogen-bond donors (Lipinski definition) is 1. The van der Waals surface area contributed by atoms with Crippen molar-refractivity contribution in [2.24, 2.45) is 0 Å². The van der Waals surface area contributed by atoms with E-state index in [1.165, 1.54) is 6.33 Å². The van der Waals surface area contributed by atoms with Crippen LogP contribution in [0.4, 0.5) is 5.69 Å². The second-order valence-corrected chi connectivity index (χ2v) is 3.44. The second-order valence-electron chi connectivity index (χ2n) is 2.60. The number of nitrogens with zero attached hydrogens (tertiary/aromatic N) is 2. The standard InChI is InChI=1S/C8H5Cl2N3O/c9-4-1-5(7(11)6(10)2-4)8-12-3-13-14-8/h1-3H,11H2. The molecule has 0 saturated heterocycles. The average Bonchev–Trinajstić information content (AvgIpc) is 2.63. The fourth-order valence-electron chi connectivity index (χ4n) is 1.05. The van der Waals surface area contributed by atoms with Crippen molar-refractivity contribution in [3.8, 4) is 11.5 Å². The Labute approximate surface area is 89.6 Å². The van der Waals surface area contributed by atoms with Crippen molar-refractivity contribution < 1.29 is 4.52 Å². The third-order valence-corrected chi connectivity index (χ3v) is 2.22. The molecule has 0 bridgehead atoms. The molecule has 0 aliphatic rings. The zero-order chi connectivity index (χ0) is 10.1. The Kier molecular flexibility index (Phi) is 2.31. The summed E-state index contributed by atoms with van der Waals surface area (Å²) in [5, 5.41) is 4.31. The van der Waals surface area contributed by atoms with Crippen molar-refractivity contribution in [1.29, 1.82) is 0 Å². The first-order chi connectivity index (χ1) is 6.68. The van der Waals surface area contributed by atoms with E-state index in [1.807, 2.05) is 0 Å². The molecule has 0 aliphatic heterocycles. The summed E-state index contributed by atoms with van der Waals surface area (Å²) < 4.78 is 4.85. The maximum atomic E-state index is 5.84. The first-order valence-corrected chi connectivity index (χ1v) is 4.45. The smallest absolute Gasteiger partial charge is 0.259 e. The molecule has 1 aromatic carbocycles. The molecule has 0 unspecified atom stereocenters. The highest BCUT2D eigenvalue weighted by Gasteiger charge is 2.12. The number of aromatic nitrogens is 2. The zero-order valence-electron chi connectivity index (χ0n) is 6.87. The molecular weight excluding hydrogens is 225 g/mol. The zero-order valence-corrected chi connectivity index (χ0v) is 8.38. The number of benzene rings is 1. The van der Waals surface area contributed by atoms with Crippen LogP contribution in [0.1, 0.15) is 0 Å². The molecular formula is C8H5Cl2N3O. The van der Waals surface area contributed by atoms with Gasteiger partial charge in [0.05, 0.1) is 16.3 Å². The van der Waals surface area contributed by atoms with Gasteiger partial charge in [-0.3, -0.25) is 0 Å². The van der Waals surface area contributed by atoms with Gasteiger partial charge in [0.15, 0.2) is 6.33 Å². The summed E-state index contributed by atoms with van der Waals surface area (Å²) in [6.45, 7) is 0. The normalized spacial score (nSPS) is 10.4. The maximum Gasteiger partial charge on any atom is 0.259 e. The van der Waals surface area contributed by atoms with Gasteiger partial charge in [0, 0.05) is 5.02 Å². The highest BCUT2D eigenvalue weighted by atomic mass is 35.5. The minimum absolute atomic E-state index is 0.298. The van der Waals surface area contributed by atoms with Crippen LogP contribution in [-0.2, 0) is 0 Å². The molecule has 72 valence electrons. The van der Waals surface area contributed by atoms with E-state index in [0.717, 1.165) is 0 Å². The van der Waals surface area contributed by atoms with Crippen LogP contribution in [0.2, 0.25) is 10.0 Å². The van der Waals surface area contributed by atoms with Gasteiger partial charge in [-0.15, -0.1) is 0 Å². The molecule has 0 aliphatic carbocycles. The molecule has 14 heavy (non-hydrogen) atoms. The highest BCUT2D eigenvalue weighted by molar-refractivity contribution is 6.37. The Morgan fingerprint density at radius 3 is 2.71 bits per heavy atom. The van der Waals surface area contributed by atoms with Gasteiger partial charge in [-0.2, -0.15) is 4.98 Å². The lowest BCUT2D eigenvalue weighted by Gasteiger charge is -2.03. The van der Waals surface area contributed by atoms with Crippen molar-refractivity contribution in [1.82, 2.24) is 10.1 Å². The molecule has 0 atom stereocenters. The number of rotatable bonds is 1. The third kappa shape index (κ3) is 1.54. The van der Waals surface area contributed by atoms with Crippen LogP contribution >= 0.6 is 23.2 Å². The van der Waals surface area contributed by atoms with E-state index in [4.69, 9.17) is 33.5 Å². The SMILES string of the molecule is Nc1c(Cl)cc(Cl)cc1-c1ncno1. The maximum absolute atomic E-state index is 5.84. The molecule has 0 amide bonds. The number of nitrogens with two attached hydrogens (primary N) is 1. The average molecular weight is 230 g/mol. The van der Waals surface area contributed by atoms with Crippen LogP contribution in [0.3, 0.4) is 0 Å². The highest BCUT2D eigenvalue weighted by Crippen LogP contribution is 2.33. The van der Waals surface area contributed by atoms with E-state index in [1.54, 1.807) is 12.1 Å². The van der Waals surface area contributed by atoms with Crippen LogP contribution in [-0.4, -0.2) is 10.1 Å². The molecule has 1 heterocycles. The van der Waals surface area contributed by atoms with Crippen LogP contribution < -0.4 is 5.73 Å². The predicted octanol–water partition coefficient (Wildman–Crippen LogP) is 2.63. The summed E-state index contributed by atoms with van der Waals surface area (Å²) in [5.41, 5.74) is 6.64. The number of hydrogen-bond acceptors (Lipinski definition) is 4. The Balaban J connectivity index is 2.64. The molecule has 1 aromatic heterocycles. The third-order valence-electron chi connectivity index (χ3n) is 1.69. The largest absolute Gasteiger partial charge is 0.397 e. The van der Waals surface area contributed by atoms with Gasteiger partial charge in [0.25, 0.3) is 5.89 Å². The van der Waals surface area contributed by atoms with Crippen molar-refractivity contribution >= 4 is 28.9 Å². The summed E-state index contributed by atoms with van der Waals surface area (Å²) >= 11 is 11.6. The molecule has 0 fully saturated rings. The van der Waals surface area contributed by atoms with E-state index in [-0.39, 0.29) is 0 Å². The second kappa shape index (κ2) is 3.48. The number of halogens is 2. The molecule has 2 rings (SSSR count). The van der Waals surface area contributed by atoms with E-state index >= 15 is 0 Å². The molecule has 0 radical (unpaired) electrons. The summed E-state index contributed by atoms with van der Waals surface area (Å²) in [4.78, 5) is 3.85. The van der Waals surface area contributed by atoms with Crippen molar-refractivity contribution in [3.63, 3.8) is 0 Å². The van der Waals surface area contributed by atoms with Gasteiger partial charge in [-0.25, -0.2) is 0 Å². The van der Waals surface area contributed by atoms with E-state index in [9.17, 15) is 0 Å². The lowest BCUT2D eigenvalue weighted by Crippen LogP contribution is -1.91. The summed E-state index contributed by atoms with van der Waals surface area (Å²) in [7, 11) is 0. The molecule has 4 nitrogen and oxygen atoms in total. The number of nitrogen functional groups attached to an aromatic ring is 1. The predicted molar refractivity (Wildman–Crippen MR) is 54.2 cm³/mol. The van der Waals surface area contributed by atoms with Gasteiger partial charge >= 0.3 is 0 Å².